The smallest absolute Gasteiger partial charge is 0.254 e. The van der Waals surface area contributed by atoms with Crippen molar-refractivity contribution in [1.29, 1.82) is 0 Å². The summed E-state index contributed by atoms with van der Waals surface area (Å²) in [7, 11) is 1.68. The Kier molecular flexibility index (Phi) is 5.76. The number of likely N-dealkylation sites (tertiary alicyclic amines) is 1. The number of aryl methyl sites for hydroxylation is 1. The summed E-state index contributed by atoms with van der Waals surface area (Å²) in [6.07, 6.45) is 7.79. The summed E-state index contributed by atoms with van der Waals surface area (Å²) in [4.78, 5) is 19.9. The molecule has 0 radical (unpaired) electrons. The van der Waals surface area contributed by atoms with Crippen molar-refractivity contribution in [3.63, 3.8) is 0 Å². The molecule has 1 aliphatic heterocycles. The second-order valence-electron chi connectivity index (χ2n) is 8.08. The lowest BCUT2D eigenvalue weighted by Gasteiger charge is -2.30. The van der Waals surface area contributed by atoms with Gasteiger partial charge < -0.3 is 9.64 Å². The van der Waals surface area contributed by atoms with Gasteiger partial charge >= 0.3 is 0 Å². The zero-order valence-corrected chi connectivity index (χ0v) is 17.0. The first kappa shape index (κ1) is 19.1. The van der Waals surface area contributed by atoms with Gasteiger partial charge in [-0.15, -0.1) is 0 Å². The molecule has 1 saturated heterocycles. The number of carbonyl (C=O) groups is 1. The summed E-state index contributed by atoms with van der Waals surface area (Å²) in [5, 5.41) is 7.50. The second kappa shape index (κ2) is 8.43. The van der Waals surface area contributed by atoms with Crippen molar-refractivity contribution in [2.24, 2.45) is 0 Å². The third-order valence-electron chi connectivity index (χ3n) is 6.13. The maximum Gasteiger partial charge on any atom is 0.254 e. The highest BCUT2D eigenvalue weighted by Gasteiger charge is 2.27. The predicted octanol–water partition coefficient (Wildman–Crippen LogP) is 3.86. The lowest BCUT2D eigenvalue weighted by molar-refractivity contribution is 0.0723. The van der Waals surface area contributed by atoms with Gasteiger partial charge in [-0.25, -0.2) is 4.98 Å². The van der Waals surface area contributed by atoms with Crippen LogP contribution < -0.4 is 0 Å². The number of methoxy groups -OCH3 is 1. The van der Waals surface area contributed by atoms with Crippen LogP contribution in [0.3, 0.4) is 0 Å². The first-order chi connectivity index (χ1) is 13.7. The molecule has 1 aliphatic carbocycles. The normalized spacial score (nSPS) is 17.6. The van der Waals surface area contributed by atoms with Crippen LogP contribution in [0, 0.1) is 6.92 Å². The lowest BCUT2D eigenvalue weighted by atomic mass is 9.77. The maximum absolute atomic E-state index is 13.2. The summed E-state index contributed by atoms with van der Waals surface area (Å²) in [6.45, 7) is 4.39. The molecule has 2 aliphatic rings. The summed E-state index contributed by atoms with van der Waals surface area (Å²) in [5.41, 5.74) is 4.16. The van der Waals surface area contributed by atoms with Gasteiger partial charge in [-0.2, -0.15) is 5.10 Å². The average molecular weight is 383 g/mol. The van der Waals surface area contributed by atoms with E-state index in [4.69, 9.17) is 9.72 Å². The third kappa shape index (κ3) is 3.83. The third-order valence-corrected chi connectivity index (χ3v) is 6.13. The summed E-state index contributed by atoms with van der Waals surface area (Å²) in [5.74, 6) is 2.21. The highest BCUT2D eigenvalue weighted by Crippen LogP contribution is 2.41. The van der Waals surface area contributed by atoms with E-state index in [1.54, 1.807) is 7.11 Å². The Labute approximate surface area is 166 Å². The molecule has 150 valence electrons. The molecule has 2 heterocycles. The zero-order chi connectivity index (χ0) is 19.5. The van der Waals surface area contributed by atoms with E-state index in [1.807, 2.05) is 11.0 Å². The number of nitrogens with one attached hydrogen (secondary N) is 1. The zero-order valence-electron chi connectivity index (χ0n) is 17.0. The van der Waals surface area contributed by atoms with Crippen molar-refractivity contribution < 1.29 is 9.53 Å². The van der Waals surface area contributed by atoms with E-state index in [0.717, 1.165) is 48.4 Å². The molecule has 1 N–H and O–H groups in total. The Bertz CT molecular complexity index is 835. The number of ether oxygens (including phenoxy) is 1. The van der Waals surface area contributed by atoms with Gasteiger partial charge in [0.1, 0.15) is 5.82 Å². The molecule has 0 spiro atoms. The molecular formula is C22H30N4O2. The first-order valence-electron chi connectivity index (χ1n) is 10.5. The Morgan fingerprint density at radius 2 is 2.00 bits per heavy atom. The molecule has 2 aromatic rings. The summed E-state index contributed by atoms with van der Waals surface area (Å²) >= 11 is 0. The molecule has 1 aromatic heterocycles. The number of hydrogen-bond donors (Lipinski definition) is 1. The summed E-state index contributed by atoms with van der Waals surface area (Å²) < 4.78 is 5.14. The molecule has 6 heteroatoms. The minimum absolute atomic E-state index is 0.147. The van der Waals surface area contributed by atoms with Crippen LogP contribution in [0.5, 0.6) is 0 Å². The van der Waals surface area contributed by atoms with Crippen LogP contribution in [-0.4, -0.2) is 52.8 Å². The minimum Gasteiger partial charge on any atom is -0.384 e. The number of piperidine rings is 1. The molecule has 0 unspecified atom stereocenters. The number of nitrogens with zero attached hydrogens (tertiary/aromatic N) is 3. The quantitative estimate of drug-likeness (QED) is 0.823. The number of rotatable bonds is 6. The molecule has 1 saturated carbocycles. The van der Waals surface area contributed by atoms with Crippen molar-refractivity contribution >= 4 is 5.91 Å². The van der Waals surface area contributed by atoms with Crippen LogP contribution in [0.15, 0.2) is 12.1 Å². The highest BCUT2D eigenvalue weighted by atomic mass is 16.5. The first-order valence-corrected chi connectivity index (χ1v) is 10.5. The molecule has 1 aromatic carbocycles. The van der Waals surface area contributed by atoms with Crippen molar-refractivity contribution in [3.05, 3.63) is 34.6 Å². The largest absolute Gasteiger partial charge is 0.384 e. The van der Waals surface area contributed by atoms with E-state index in [-0.39, 0.29) is 5.91 Å². The standard InChI is InChI=1S/C22H30N4O2/c1-15-13-18(16-7-6-8-16)19(21-23-20(24-25-21)9-12-28-2)14-17(15)22(27)26-10-4-3-5-11-26/h13-14,16H,3-12H2,1-2H3,(H,23,24,25). The Morgan fingerprint density at radius 3 is 2.68 bits per heavy atom. The number of amides is 1. The predicted molar refractivity (Wildman–Crippen MR) is 108 cm³/mol. The van der Waals surface area contributed by atoms with E-state index >= 15 is 0 Å². The van der Waals surface area contributed by atoms with Crippen molar-refractivity contribution in [1.82, 2.24) is 20.1 Å². The second-order valence-corrected chi connectivity index (χ2v) is 8.08. The molecule has 0 bridgehead atoms. The Morgan fingerprint density at radius 1 is 1.21 bits per heavy atom. The molecule has 6 nitrogen and oxygen atoms in total. The van der Waals surface area contributed by atoms with E-state index in [2.05, 4.69) is 23.2 Å². The fraction of sp³-hybridized carbons (Fsp3) is 0.591. The van der Waals surface area contributed by atoms with Crippen LogP contribution in [-0.2, 0) is 11.2 Å². The molecule has 28 heavy (non-hydrogen) atoms. The lowest BCUT2D eigenvalue weighted by Crippen LogP contribution is -2.36. The van der Waals surface area contributed by atoms with E-state index in [0.29, 0.717) is 24.8 Å². The van der Waals surface area contributed by atoms with Crippen LogP contribution in [0.4, 0.5) is 0 Å². The van der Waals surface area contributed by atoms with E-state index in [9.17, 15) is 4.79 Å². The van der Waals surface area contributed by atoms with Gasteiger partial charge in [-0.3, -0.25) is 9.89 Å². The Hall–Kier alpha value is -2.21. The SMILES string of the molecule is COCCc1nc(-c2cc(C(=O)N3CCCCC3)c(C)cc2C2CCC2)n[nH]1. The van der Waals surface area contributed by atoms with Crippen LogP contribution in [0.2, 0.25) is 0 Å². The molecule has 2 fully saturated rings. The number of carbonyl (C=O) groups excluding carboxylic acids is 1. The minimum atomic E-state index is 0.147. The van der Waals surface area contributed by atoms with Crippen LogP contribution >= 0.6 is 0 Å². The van der Waals surface area contributed by atoms with Crippen LogP contribution in [0.25, 0.3) is 11.4 Å². The van der Waals surface area contributed by atoms with Crippen LogP contribution in [0.1, 0.15) is 71.8 Å². The molecule has 0 atom stereocenters. The monoisotopic (exact) mass is 382 g/mol. The number of H-pyrrole nitrogens is 1. The number of hydrogen-bond acceptors (Lipinski definition) is 4. The van der Waals surface area contributed by atoms with E-state index in [1.165, 1.54) is 31.2 Å². The maximum atomic E-state index is 13.2. The van der Waals surface area contributed by atoms with Crippen molar-refractivity contribution in [3.8, 4) is 11.4 Å². The number of aromatic nitrogens is 3. The fourth-order valence-electron chi connectivity index (χ4n) is 4.20. The highest BCUT2D eigenvalue weighted by molar-refractivity contribution is 5.97. The van der Waals surface area contributed by atoms with E-state index < -0.39 is 0 Å². The number of aromatic amines is 1. The topological polar surface area (TPSA) is 71.1 Å². The van der Waals surface area contributed by atoms with Gasteiger partial charge in [0, 0.05) is 37.7 Å². The van der Waals surface area contributed by atoms with Crippen molar-refractivity contribution in [2.45, 2.75) is 57.8 Å². The molecule has 4 rings (SSSR count). The van der Waals surface area contributed by atoms with Gasteiger partial charge in [0.05, 0.1) is 6.61 Å². The van der Waals surface area contributed by atoms with Gasteiger partial charge in [0.25, 0.3) is 5.91 Å². The molecule has 1 amide bonds. The van der Waals surface area contributed by atoms with Gasteiger partial charge in [-0.1, -0.05) is 12.5 Å². The van der Waals surface area contributed by atoms with Gasteiger partial charge in [-0.05, 0) is 62.1 Å². The average Bonchev–Trinajstić information content (AvgIpc) is 3.14. The van der Waals surface area contributed by atoms with Gasteiger partial charge in [0.2, 0.25) is 0 Å². The van der Waals surface area contributed by atoms with Crippen molar-refractivity contribution in [2.75, 3.05) is 26.8 Å². The summed E-state index contributed by atoms with van der Waals surface area (Å²) in [6, 6.07) is 4.25. The molecular weight excluding hydrogens is 352 g/mol. The fourth-order valence-corrected chi connectivity index (χ4v) is 4.20. The Balaban J connectivity index is 1.70. The number of benzene rings is 1. The van der Waals surface area contributed by atoms with Gasteiger partial charge in [0.15, 0.2) is 5.82 Å².